The molecule has 1 rings (SSSR count). The van der Waals surface area contributed by atoms with Crippen LogP contribution in [0.2, 0.25) is 39.3 Å². The van der Waals surface area contributed by atoms with Gasteiger partial charge in [0.2, 0.25) is 0 Å². The van der Waals surface area contributed by atoms with E-state index in [1.807, 2.05) is 24.3 Å². The SMILES string of the molecule is C[Si](C)(C)C#COc1ccccc1C#C[Si](C)(C)C. The lowest BCUT2D eigenvalue weighted by molar-refractivity contribution is 0.518. The zero-order valence-corrected chi connectivity index (χ0v) is 14.7. The van der Waals surface area contributed by atoms with Gasteiger partial charge < -0.3 is 4.74 Å². The molecule has 0 amide bonds. The maximum atomic E-state index is 5.56. The van der Waals surface area contributed by atoms with E-state index in [9.17, 15) is 0 Å². The summed E-state index contributed by atoms with van der Waals surface area (Å²) in [5.41, 5.74) is 7.48. The Kier molecular flexibility index (Phi) is 5.06. The van der Waals surface area contributed by atoms with Gasteiger partial charge >= 0.3 is 0 Å². The predicted octanol–water partition coefficient (Wildman–Crippen LogP) is 4.13. The van der Waals surface area contributed by atoms with Crippen LogP contribution in [0.3, 0.4) is 0 Å². The largest absolute Gasteiger partial charge is 0.407 e. The van der Waals surface area contributed by atoms with Crippen LogP contribution in [0.15, 0.2) is 24.3 Å². The molecule has 1 nitrogen and oxygen atoms in total. The Balaban J connectivity index is 2.96. The fraction of sp³-hybridized carbons (Fsp3) is 0.375. The maximum Gasteiger partial charge on any atom is 0.155 e. The third-order valence-corrected chi connectivity index (χ3v) is 3.77. The van der Waals surface area contributed by atoms with Gasteiger partial charge in [-0.1, -0.05) is 62.9 Å². The number of rotatable bonds is 1. The molecule has 19 heavy (non-hydrogen) atoms. The molecule has 0 aliphatic rings. The molecule has 1 aromatic rings. The van der Waals surface area contributed by atoms with E-state index in [2.05, 4.69) is 62.4 Å². The topological polar surface area (TPSA) is 9.23 Å². The summed E-state index contributed by atoms with van der Waals surface area (Å²) >= 11 is 0. The molecule has 3 heteroatoms. The molecule has 0 saturated carbocycles. The first-order valence-electron chi connectivity index (χ1n) is 6.49. The number of benzene rings is 1. The van der Waals surface area contributed by atoms with Crippen molar-refractivity contribution in [1.82, 2.24) is 0 Å². The van der Waals surface area contributed by atoms with E-state index in [0.717, 1.165) is 11.3 Å². The van der Waals surface area contributed by atoms with Crippen LogP contribution in [-0.2, 0) is 0 Å². The van der Waals surface area contributed by atoms with Crippen LogP contribution in [-0.4, -0.2) is 16.1 Å². The van der Waals surface area contributed by atoms with E-state index in [4.69, 9.17) is 4.74 Å². The number of ether oxygens (including phenoxy) is 1. The summed E-state index contributed by atoms with van der Waals surface area (Å²) in [6.45, 7) is 13.3. The molecule has 1 aromatic carbocycles. The molecule has 0 saturated heterocycles. The molecule has 0 radical (unpaired) electrons. The second-order valence-electron chi connectivity index (χ2n) is 6.58. The van der Waals surface area contributed by atoms with Crippen LogP contribution < -0.4 is 4.74 Å². The van der Waals surface area contributed by atoms with Gasteiger partial charge in [-0.05, 0) is 12.1 Å². The minimum absolute atomic E-state index is 0.763. The van der Waals surface area contributed by atoms with Crippen molar-refractivity contribution >= 4 is 16.1 Å². The van der Waals surface area contributed by atoms with Gasteiger partial charge in [0.15, 0.2) is 5.75 Å². The van der Waals surface area contributed by atoms with Gasteiger partial charge in [0.1, 0.15) is 22.3 Å². The van der Waals surface area contributed by atoms with Gasteiger partial charge in [-0.2, -0.15) is 0 Å². The smallest absolute Gasteiger partial charge is 0.155 e. The molecule has 100 valence electrons. The third kappa shape index (κ3) is 6.91. The molecular formula is C16H22OSi2. The summed E-state index contributed by atoms with van der Waals surface area (Å²) in [7, 11) is -2.76. The Hall–Kier alpha value is -1.43. The fourth-order valence-corrected chi connectivity index (χ4v) is 2.01. The second kappa shape index (κ2) is 6.15. The molecule has 0 N–H and O–H groups in total. The number of hydrogen-bond donors (Lipinski definition) is 0. The van der Waals surface area contributed by atoms with Gasteiger partial charge in [-0.15, -0.1) is 5.54 Å². The summed E-state index contributed by atoms with van der Waals surface area (Å²) in [6, 6.07) is 7.84. The first-order valence-corrected chi connectivity index (χ1v) is 13.5. The van der Waals surface area contributed by atoms with E-state index in [0.29, 0.717) is 0 Å². The average Bonchev–Trinajstić information content (AvgIpc) is 2.25. The lowest BCUT2D eigenvalue weighted by Gasteiger charge is -2.06. The zero-order valence-electron chi connectivity index (χ0n) is 12.7. The van der Waals surface area contributed by atoms with Gasteiger partial charge in [-0.3, -0.25) is 0 Å². The molecule has 0 aromatic heterocycles. The van der Waals surface area contributed by atoms with E-state index in [-0.39, 0.29) is 0 Å². The Labute approximate surface area is 119 Å². The summed E-state index contributed by atoms with van der Waals surface area (Å²) in [6.07, 6.45) is 2.83. The Morgan fingerprint density at radius 2 is 1.42 bits per heavy atom. The Morgan fingerprint density at radius 3 is 2.00 bits per heavy atom. The molecule has 0 atom stereocenters. The van der Waals surface area contributed by atoms with Crippen molar-refractivity contribution < 1.29 is 4.74 Å². The quantitative estimate of drug-likeness (QED) is 0.557. The van der Waals surface area contributed by atoms with Crippen molar-refractivity contribution in [1.29, 1.82) is 0 Å². The highest BCUT2D eigenvalue weighted by Gasteiger charge is 2.09. The van der Waals surface area contributed by atoms with Crippen molar-refractivity contribution in [2.45, 2.75) is 39.3 Å². The zero-order chi connectivity index (χ0) is 14.5. The second-order valence-corrected chi connectivity index (χ2v) is 16.1. The lowest BCUT2D eigenvalue weighted by Crippen LogP contribution is -2.16. The van der Waals surface area contributed by atoms with Gasteiger partial charge in [0.05, 0.1) is 5.56 Å². The molecule has 0 fully saturated rings. The Bertz CT molecular complexity index is 555. The van der Waals surface area contributed by atoms with Crippen LogP contribution >= 0.6 is 0 Å². The van der Waals surface area contributed by atoms with Crippen LogP contribution in [0.1, 0.15) is 5.56 Å². The summed E-state index contributed by atoms with van der Waals surface area (Å²) in [5.74, 6) is 3.99. The van der Waals surface area contributed by atoms with Crippen LogP contribution in [0.25, 0.3) is 0 Å². The highest BCUT2D eigenvalue weighted by atomic mass is 28.3. The minimum atomic E-state index is -1.39. The summed E-state index contributed by atoms with van der Waals surface area (Å²) < 4.78 is 5.56. The van der Waals surface area contributed by atoms with Crippen LogP contribution in [0.5, 0.6) is 5.75 Å². The van der Waals surface area contributed by atoms with E-state index in [1.165, 1.54) is 0 Å². The standard InChI is InChI=1S/C16H22OSi2/c1-18(2,3)13-11-15-9-7-8-10-16(15)17-12-14-19(4,5)6/h7-10H,1-6H3. The molecule has 0 unspecified atom stereocenters. The third-order valence-electron chi connectivity index (χ3n) is 2.05. The molecule has 0 aliphatic heterocycles. The average molecular weight is 287 g/mol. The predicted molar refractivity (Wildman–Crippen MR) is 88.4 cm³/mol. The molecule has 0 spiro atoms. The van der Waals surface area contributed by atoms with E-state index < -0.39 is 16.1 Å². The van der Waals surface area contributed by atoms with Crippen molar-refractivity contribution in [3.05, 3.63) is 29.8 Å². The first-order chi connectivity index (χ1) is 8.67. The molecule has 0 heterocycles. The summed E-state index contributed by atoms with van der Waals surface area (Å²) in [5, 5.41) is 0. The van der Waals surface area contributed by atoms with Crippen LogP contribution in [0.4, 0.5) is 0 Å². The summed E-state index contributed by atoms with van der Waals surface area (Å²) in [4.78, 5) is 0. The lowest BCUT2D eigenvalue weighted by atomic mass is 10.2. The molecule has 0 aliphatic carbocycles. The highest BCUT2D eigenvalue weighted by Crippen LogP contribution is 2.16. The van der Waals surface area contributed by atoms with E-state index >= 15 is 0 Å². The number of hydrogen-bond acceptors (Lipinski definition) is 1. The monoisotopic (exact) mass is 286 g/mol. The highest BCUT2D eigenvalue weighted by molar-refractivity contribution is 6.84. The van der Waals surface area contributed by atoms with Gasteiger partial charge in [-0.25, -0.2) is 0 Å². The number of para-hydroxylation sites is 1. The fourth-order valence-electron chi connectivity index (χ4n) is 1.15. The van der Waals surface area contributed by atoms with Gasteiger partial charge in [0, 0.05) is 0 Å². The molecule has 0 bridgehead atoms. The minimum Gasteiger partial charge on any atom is -0.407 e. The maximum absolute atomic E-state index is 5.56. The van der Waals surface area contributed by atoms with Crippen molar-refractivity contribution in [3.8, 4) is 28.9 Å². The van der Waals surface area contributed by atoms with Crippen molar-refractivity contribution in [2.75, 3.05) is 0 Å². The normalized spacial score (nSPS) is 10.8. The van der Waals surface area contributed by atoms with Crippen molar-refractivity contribution in [3.63, 3.8) is 0 Å². The first kappa shape index (κ1) is 15.6. The molecular weight excluding hydrogens is 264 g/mol. The van der Waals surface area contributed by atoms with E-state index in [1.54, 1.807) is 0 Å². The van der Waals surface area contributed by atoms with Crippen molar-refractivity contribution in [2.24, 2.45) is 0 Å². The van der Waals surface area contributed by atoms with Gasteiger partial charge in [0.25, 0.3) is 0 Å². The Morgan fingerprint density at radius 1 is 0.842 bits per heavy atom. The van der Waals surface area contributed by atoms with Crippen LogP contribution in [0, 0.1) is 23.1 Å².